The lowest BCUT2D eigenvalue weighted by Crippen LogP contribution is -2.29. The number of hydrogen-bond donors (Lipinski definition) is 1. The molecule has 1 atom stereocenters. The van der Waals surface area contributed by atoms with Gasteiger partial charge in [0.2, 0.25) is 5.91 Å². The van der Waals surface area contributed by atoms with E-state index in [0.717, 1.165) is 6.42 Å². The van der Waals surface area contributed by atoms with Crippen molar-refractivity contribution in [2.24, 2.45) is 0 Å². The number of carbonyl (C=O) groups is 1. The van der Waals surface area contributed by atoms with Crippen molar-refractivity contribution in [3.8, 4) is 0 Å². The Balaban J connectivity index is 2.35. The van der Waals surface area contributed by atoms with Gasteiger partial charge in [0.15, 0.2) is 0 Å². The zero-order chi connectivity index (χ0) is 15.7. The molecule has 118 valence electrons. The molecule has 0 radical (unpaired) electrons. The minimum absolute atomic E-state index is 0.0955. The van der Waals surface area contributed by atoms with Crippen molar-refractivity contribution in [1.82, 2.24) is 5.32 Å². The smallest absolute Gasteiger partial charge is 0.227 e. The highest BCUT2D eigenvalue weighted by atomic mass is 35.5. The van der Waals surface area contributed by atoms with Gasteiger partial charge in [0.1, 0.15) is 0 Å². The van der Waals surface area contributed by atoms with Crippen LogP contribution in [0, 0.1) is 0 Å². The Morgan fingerprint density at radius 3 is 2.52 bits per heavy atom. The van der Waals surface area contributed by atoms with E-state index in [1.807, 2.05) is 0 Å². The summed E-state index contributed by atoms with van der Waals surface area (Å²) < 4.78 is 10.2. The molecule has 0 spiro atoms. The predicted octanol–water partition coefficient (Wildman–Crippen LogP) is 3.27. The van der Waals surface area contributed by atoms with Crippen LogP contribution in [0.4, 0.5) is 0 Å². The highest BCUT2D eigenvalue weighted by Crippen LogP contribution is 2.31. The largest absolute Gasteiger partial charge is 0.382 e. The van der Waals surface area contributed by atoms with Crippen molar-refractivity contribution in [1.29, 1.82) is 0 Å². The number of rotatable bonds is 9. The molecular weight excluding hydrogens is 313 g/mol. The molecule has 0 heterocycles. The van der Waals surface area contributed by atoms with Crippen LogP contribution >= 0.6 is 23.2 Å². The molecule has 1 aromatic rings. The van der Waals surface area contributed by atoms with Crippen molar-refractivity contribution in [2.45, 2.75) is 19.3 Å². The van der Waals surface area contributed by atoms with Gasteiger partial charge in [0.25, 0.3) is 0 Å². The second kappa shape index (κ2) is 10.0. The van der Waals surface area contributed by atoms with Crippen LogP contribution in [0.15, 0.2) is 18.2 Å². The number of benzene rings is 1. The van der Waals surface area contributed by atoms with E-state index < -0.39 is 0 Å². The van der Waals surface area contributed by atoms with E-state index in [2.05, 4.69) is 5.32 Å². The van der Waals surface area contributed by atoms with Gasteiger partial charge in [-0.15, -0.1) is 0 Å². The lowest BCUT2D eigenvalue weighted by Gasteiger charge is -2.15. The molecule has 0 aliphatic carbocycles. The zero-order valence-corrected chi connectivity index (χ0v) is 13.8. The van der Waals surface area contributed by atoms with Crippen molar-refractivity contribution in [2.75, 3.05) is 33.5 Å². The summed E-state index contributed by atoms with van der Waals surface area (Å²) in [5.41, 5.74) is 0.662. The first-order valence-electron chi connectivity index (χ1n) is 6.86. The van der Waals surface area contributed by atoms with Gasteiger partial charge in [-0.25, -0.2) is 0 Å². The maximum atomic E-state index is 12.1. The number of hydrogen-bond acceptors (Lipinski definition) is 3. The normalized spacial score (nSPS) is 12.2. The quantitative estimate of drug-likeness (QED) is 0.705. The molecule has 4 nitrogen and oxygen atoms in total. The Labute approximate surface area is 135 Å². The average molecular weight is 334 g/mol. The molecule has 0 bridgehead atoms. The lowest BCUT2D eigenvalue weighted by atomic mass is 10.00. The fourth-order valence-electron chi connectivity index (χ4n) is 1.84. The lowest BCUT2D eigenvalue weighted by molar-refractivity contribution is -0.122. The summed E-state index contributed by atoms with van der Waals surface area (Å²) in [6.45, 7) is 4.07. The molecule has 1 rings (SSSR count). The minimum Gasteiger partial charge on any atom is -0.382 e. The predicted molar refractivity (Wildman–Crippen MR) is 85.2 cm³/mol. The maximum Gasteiger partial charge on any atom is 0.227 e. The number of ether oxygens (including phenoxy) is 2. The first kappa shape index (κ1) is 18.2. The highest BCUT2D eigenvalue weighted by molar-refractivity contribution is 6.36. The standard InChI is InChI=1S/C15H21Cl2NO3/c1-11(14-12(16)5-3-6-13(14)17)15(19)18-7-4-8-21-10-9-20-2/h3,5-6,11H,4,7-10H2,1-2H3,(H,18,19)/t11-/m1/s1. The van der Waals surface area contributed by atoms with Crippen LogP contribution in [-0.4, -0.2) is 39.4 Å². The molecule has 0 fully saturated rings. The Morgan fingerprint density at radius 1 is 1.24 bits per heavy atom. The maximum absolute atomic E-state index is 12.1. The molecule has 0 saturated heterocycles. The van der Waals surface area contributed by atoms with Crippen molar-refractivity contribution in [3.05, 3.63) is 33.8 Å². The molecule has 0 aromatic heterocycles. The number of halogens is 2. The molecule has 1 N–H and O–H groups in total. The summed E-state index contributed by atoms with van der Waals surface area (Å²) in [5, 5.41) is 3.87. The van der Waals surface area contributed by atoms with Crippen molar-refractivity contribution < 1.29 is 14.3 Å². The SMILES string of the molecule is COCCOCCCNC(=O)[C@H](C)c1c(Cl)cccc1Cl. The monoisotopic (exact) mass is 333 g/mol. The van der Waals surface area contributed by atoms with Gasteiger partial charge in [0, 0.05) is 35.9 Å². The summed E-state index contributed by atoms with van der Waals surface area (Å²) in [5.74, 6) is -0.484. The molecule has 0 unspecified atom stereocenters. The summed E-state index contributed by atoms with van der Waals surface area (Å²) in [7, 11) is 1.63. The molecule has 0 aliphatic heterocycles. The van der Waals surface area contributed by atoms with Crippen LogP contribution in [-0.2, 0) is 14.3 Å². The van der Waals surface area contributed by atoms with Gasteiger partial charge in [-0.3, -0.25) is 4.79 Å². The third-order valence-corrected chi connectivity index (χ3v) is 3.68. The van der Waals surface area contributed by atoms with Crippen LogP contribution in [0.5, 0.6) is 0 Å². The van der Waals surface area contributed by atoms with E-state index >= 15 is 0 Å². The fraction of sp³-hybridized carbons (Fsp3) is 0.533. The van der Waals surface area contributed by atoms with Gasteiger partial charge in [-0.1, -0.05) is 29.3 Å². The third kappa shape index (κ3) is 6.22. The summed E-state index contributed by atoms with van der Waals surface area (Å²) in [4.78, 5) is 12.1. The molecule has 1 aromatic carbocycles. The van der Waals surface area contributed by atoms with Gasteiger partial charge >= 0.3 is 0 Å². The third-order valence-electron chi connectivity index (χ3n) is 3.02. The second-order valence-corrected chi connectivity index (χ2v) is 5.42. The number of carbonyl (C=O) groups excluding carboxylic acids is 1. The Bertz CT molecular complexity index is 434. The van der Waals surface area contributed by atoms with Gasteiger partial charge in [0.05, 0.1) is 19.1 Å². The molecular formula is C15H21Cl2NO3. The topological polar surface area (TPSA) is 47.6 Å². The fourth-order valence-corrected chi connectivity index (χ4v) is 2.56. The van der Waals surface area contributed by atoms with Gasteiger partial charge < -0.3 is 14.8 Å². The van der Waals surface area contributed by atoms with Crippen LogP contribution in [0.1, 0.15) is 24.8 Å². The molecule has 0 saturated carbocycles. The summed E-state index contributed by atoms with van der Waals surface area (Å²) in [6.07, 6.45) is 0.748. The van der Waals surface area contributed by atoms with E-state index in [9.17, 15) is 4.79 Å². The van der Waals surface area contributed by atoms with Crippen LogP contribution in [0.2, 0.25) is 10.0 Å². The van der Waals surface area contributed by atoms with Crippen LogP contribution < -0.4 is 5.32 Å². The van der Waals surface area contributed by atoms with E-state index in [0.29, 0.717) is 42.0 Å². The Morgan fingerprint density at radius 2 is 1.90 bits per heavy atom. The first-order valence-corrected chi connectivity index (χ1v) is 7.61. The van der Waals surface area contributed by atoms with E-state index in [1.54, 1.807) is 32.2 Å². The molecule has 0 aliphatic rings. The highest BCUT2D eigenvalue weighted by Gasteiger charge is 2.20. The number of nitrogens with one attached hydrogen (secondary N) is 1. The summed E-state index contributed by atoms with van der Waals surface area (Å²) >= 11 is 12.2. The number of methoxy groups -OCH3 is 1. The van der Waals surface area contributed by atoms with Crippen molar-refractivity contribution in [3.63, 3.8) is 0 Å². The van der Waals surface area contributed by atoms with E-state index in [1.165, 1.54) is 0 Å². The van der Waals surface area contributed by atoms with Gasteiger partial charge in [-0.2, -0.15) is 0 Å². The average Bonchev–Trinajstić information content (AvgIpc) is 2.45. The Hall–Kier alpha value is -0.810. The molecule has 21 heavy (non-hydrogen) atoms. The minimum atomic E-state index is -0.388. The van der Waals surface area contributed by atoms with Crippen LogP contribution in [0.3, 0.4) is 0 Å². The van der Waals surface area contributed by atoms with Crippen LogP contribution in [0.25, 0.3) is 0 Å². The second-order valence-electron chi connectivity index (χ2n) is 4.61. The summed E-state index contributed by atoms with van der Waals surface area (Å²) in [6, 6.07) is 5.22. The van der Waals surface area contributed by atoms with Crippen molar-refractivity contribution >= 4 is 29.1 Å². The van der Waals surface area contributed by atoms with E-state index in [-0.39, 0.29) is 11.8 Å². The zero-order valence-electron chi connectivity index (χ0n) is 12.3. The van der Waals surface area contributed by atoms with Gasteiger partial charge in [-0.05, 0) is 25.5 Å². The molecule has 1 amide bonds. The molecule has 6 heteroatoms. The number of amides is 1. The Kier molecular flexibility index (Phi) is 8.69. The van der Waals surface area contributed by atoms with E-state index in [4.69, 9.17) is 32.7 Å². The first-order chi connectivity index (χ1) is 10.1.